The molecule has 1 saturated carbocycles. The lowest BCUT2D eigenvalue weighted by Gasteiger charge is -2.20. The number of carbonyl (C=O) groups is 1. The standard InChI is InChI=1S/C14H19NO3/c1-3-15(11-5-6-11)9-10-4-7-12(14(16)17)13(8-10)18-2/h4,7-8,11H,3,5-6,9H2,1-2H3,(H,16,17). The maximum Gasteiger partial charge on any atom is 0.339 e. The van der Waals surface area contributed by atoms with E-state index in [0.717, 1.165) is 18.7 Å². The number of carboxylic acid groups (broad SMARTS) is 1. The van der Waals surface area contributed by atoms with Crippen molar-refractivity contribution in [1.82, 2.24) is 4.90 Å². The molecule has 0 amide bonds. The molecule has 0 atom stereocenters. The van der Waals surface area contributed by atoms with Crippen LogP contribution in [0.3, 0.4) is 0 Å². The highest BCUT2D eigenvalue weighted by molar-refractivity contribution is 5.90. The fourth-order valence-corrected chi connectivity index (χ4v) is 2.18. The number of nitrogens with zero attached hydrogens (tertiary/aromatic N) is 1. The summed E-state index contributed by atoms with van der Waals surface area (Å²) in [5.74, 6) is -0.514. The van der Waals surface area contributed by atoms with E-state index in [1.807, 2.05) is 12.1 Å². The number of aromatic carboxylic acids is 1. The molecular weight excluding hydrogens is 230 g/mol. The molecule has 18 heavy (non-hydrogen) atoms. The second-order valence-corrected chi connectivity index (χ2v) is 4.63. The van der Waals surface area contributed by atoms with Crippen molar-refractivity contribution in [3.05, 3.63) is 29.3 Å². The Labute approximate surface area is 107 Å². The van der Waals surface area contributed by atoms with E-state index < -0.39 is 5.97 Å². The van der Waals surface area contributed by atoms with Gasteiger partial charge >= 0.3 is 5.97 Å². The molecule has 2 rings (SSSR count). The van der Waals surface area contributed by atoms with Gasteiger partial charge in [0.05, 0.1) is 7.11 Å². The summed E-state index contributed by atoms with van der Waals surface area (Å²) in [6.07, 6.45) is 2.55. The van der Waals surface area contributed by atoms with Crippen molar-refractivity contribution in [1.29, 1.82) is 0 Å². The van der Waals surface area contributed by atoms with E-state index in [9.17, 15) is 4.79 Å². The van der Waals surface area contributed by atoms with Gasteiger partial charge in [-0.15, -0.1) is 0 Å². The highest BCUT2D eigenvalue weighted by atomic mass is 16.5. The lowest BCUT2D eigenvalue weighted by molar-refractivity contribution is 0.0693. The zero-order chi connectivity index (χ0) is 13.1. The number of ether oxygens (including phenoxy) is 1. The van der Waals surface area contributed by atoms with Crippen LogP contribution in [0.15, 0.2) is 18.2 Å². The molecule has 0 bridgehead atoms. The molecule has 1 fully saturated rings. The summed E-state index contributed by atoms with van der Waals surface area (Å²) in [5, 5.41) is 9.02. The number of rotatable bonds is 6. The number of hydrogen-bond donors (Lipinski definition) is 1. The van der Waals surface area contributed by atoms with Crippen LogP contribution in [0.2, 0.25) is 0 Å². The SMILES string of the molecule is CCN(Cc1ccc(C(=O)O)c(OC)c1)C1CC1. The molecule has 1 aliphatic rings. The zero-order valence-corrected chi connectivity index (χ0v) is 10.8. The molecule has 98 valence electrons. The lowest BCUT2D eigenvalue weighted by atomic mass is 10.1. The van der Waals surface area contributed by atoms with Gasteiger partial charge in [-0.1, -0.05) is 13.0 Å². The second-order valence-electron chi connectivity index (χ2n) is 4.63. The van der Waals surface area contributed by atoms with E-state index in [1.54, 1.807) is 6.07 Å². The summed E-state index contributed by atoms with van der Waals surface area (Å²) in [6.45, 7) is 4.03. The second kappa shape index (κ2) is 5.40. The highest BCUT2D eigenvalue weighted by Gasteiger charge is 2.27. The third-order valence-electron chi connectivity index (χ3n) is 3.35. The number of hydrogen-bond acceptors (Lipinski definition) is 3. The van der Waals surface area contributed by atoms with Gasteiger partial charge in [0, 0.05) is 12.6 Å². The molecule has 1 N–H and O–H groups in total. The van der Waals surface area contributed by atoms with E-state index in [-0.39, 0.29) is 5.56 Å². The van der Waals surface area contributed by atoms with Crippen molar-refractivity contribution in [2.75, 3.05) is 13.7 Å². The van der Waals surface area contributed by atoms with E-state index >= 15 is 0 Å². The fraction of sp³-hybridized carbons (Fsp3) is 0.500. The Morgan fingerprint density at radius 2 is 2.22 bits per heavy atom. The number of benzene rings is 1. The van der Waals surface area contributed by atoms with E-state index in [1.165, 1.54) is 20.0 Å². The average Bonchev–Trinajstić information content (AvgIpc) is 3.19. The smallest absolute Gasteiger partial charge is 0.339 e. The van der Waals surface area contributed by atoms with Crippen molar-refractivity contribution < 1.29 is 14.6 Å². The molecule has 0 spiro atoms. The van der Waals surface area contributed by atoms with Crippen molar-refractivity contribution in [2.24, 2.45) is 0 Å². The van der Waals surface area contributed by atoms with E-state index in [0.29, 0.717) is 11.8 Å². The van der Waals surface area contributed by atoms with Crippen LogP contribution in [0.1, 0.15) is 35.7 Å². The Morgan fingerprint density at radius 1 is 1.50 bits per heavy atom. The van der Waals surface area contributed by atoms with Gasteiger partial charge in [-0.3, -0.25) is 4.90 Å². The van der Waals surface area contributed by atoms with Gasteiger partial charge in [0.25, 0.3) is 0 Å². The minimum atomic E-state index is -0.951. The van der Waals surface area contributed by atoms with Crippen LogP contribution in [0.25, 0.3) is 0 Å². The molecule has 4 heteroatoms. The van der Waals surface area contributed by atoms with Crippen molar-refractivity contribution in [3.8, 4) is 5.75 Å². The van der Waals surface area contributed by atoms with Gasteiger partial charge in [-0.2, -0.15) is 0 Å². The maximum absolute atomic E-state index is 11.0. The minimum Gasteiger partial charge on any atom is -0.496 e. The zero-order valence-electron chi connectivity index (χ0n) is 10.8. The van der Waals surface area contributed by atoms with Gasteiger partial charge in [-0.05, 0) is 37.1 Å². The first-order chi connectivity index (χ1) is 8.65. The third-order valence-corrected chi connectivity index (χ3v) is 3.35. The van der Waals surface area contributed by atoms with Crippen LogP contribution in [0.5, 0.6) is 5.75 Å². The molecule has 0 radical (unpaired) electrons. The van der Waals surface area contributed by atoms with Crippen LogP contribution in [0.4, 0.5) is 0 Å². The van der Waals surface area contributed by atoms with Crippen molar-refractivity contribution in [2.45, 2.75) is 32.4 Å². The first-order valence-electron chi connectivity index (χ1n) is 6.30. The largest absolute Gasteiger partial charge is 0.496 e. The van der Waals surface area contributed by atoms with Crippen LogP contribution in [-0.4, -0.2) is 35.7 Å². The number of methoxy groups -OCH3 is 1. The Balaban J connectivity index is 2.15. The van der Waals surface area contributed by atoms with E-state index in [4.69, 9.17) is 9.84 Å². The average molecular weight is 249 g/mol. The molecule has 1 aromatic carbocycles. The molecular formula is C14H19NO3. The summed E-state index contributed by atoms with van der Waals surface area (Å²) < 4.78 is 5.14. The van der Waals surface area contributed by atoms with Gasteiger partial charge in [0.2, 0.25) is 0 Å². The van der Waals surface area contributed by atoms with Crippen molar-refractivity contribution in [3.63, 3.8) is 0 Å². The molecule has 4 nitrogen and oxygen atoms in total. The van der Waals surface area contributed by atoms with Gasteiger partial charge in [-0.25, -0.2) is 4.79 Å². The quantitative estimate of drug-likeness (QED) is 0.841. The monoisotopic (exact) mass is 249 g/mol. The molecule has 0 aromatic heterocycles. The molecule has 0 saturated heterocycles. The Kier molecular flexibility index (Phi) is 3.87. The summed E-state index contributed by atoms with van der Waals surface area (Å²) in [7, 11) is 1.50. The van der Waals surface area contributed by atoms with Crippen LogP contribution in [-0.2, 0) is 6.54 Å². The highest BCUT2D eigenvalue weighted by Crippen LogP contribution is 2.29. The normalized spacial score (nSPS) is 14.8. The lowest BCUT2D eigenvalue weighted by Crippen LogP contribution is -2.25. The van der Waals surface area contributed by atoms with Crippen LogP contribution in [0, 0.1) is 0 Å². The van der Waals surface area contributed by atoms with Crippen molar-refractivity contribution >= 4 is 5.97 Å². The predicted molar refractivity (Wildman–Crippen MR) is 69.1 cm³/mol. The van der Waals surface area contributed by atoms with Crippen LogP contribution >= 0.6 is 0 Å². The summed E-state index contributed by atoms with van der Waals surface area (Å²) in [4.78, 5) is 13.4. The minimum absolute atomic E-state index is 0.218. The third kappa shape index (κ3) is 2.82. The Hall–Kier alpha value is -1.55. The number of carboxylic acids is 1. The molecule has 1 aliphatic carbocycles. The van der Waals surface area contributed by atoms with Crippen LogP contribution < -0.4 is 4.74 Å². The molecule has 0 unspecified atom stereocenters. The van der Waals surface area contributed by atoms with Gasteiger partial charge in [0.1, 0.15) is 11.3 Å². The van der Waals surface area contributed by atoms with Gasteiger partial charge in [0.15, 0.2) is 0 Å². The van der Waals surface area contributed by atoms with E-state index in [2.05, 4.69) is 11.8 Å². The van der Waals surface area contributed by atoms with Gasteiger partial charge < -0.3 is 9.84 Å². The first-order valence-corrected chi connectivity index (χ1v) is 6.30. The maximum atomic E-state index is 11.0. The Morgan fingerprint density at radius 3 is 2.72 bits per heavy atom. The molecule has 0 aliphatic heterocycles. The summed E-state index contributed by atoms with van der Waals surface area (Å²) >= 11 is 0. The molecule has 1 aromatic rings. The summed E-state index contributed by atoms with van der Waals surface area (Å²) in [6, 6.07) is 6.03. The Bertz CT molecular complexity index is 441. The topological polar surface area (TPSA) is 49.8 Å². The fourth-order valence-electron chi connectivity index (χ4n) is 2.18. The molecule has 0 heterocycles. The first kappa shape index (κ1) is 12.9. The predicted octanol–water partition coefficient (Wildman–Crippen LogP) is 2.38. The summed E-state index contributed by atoms with van der Waals surface area (Å²) in [5.41, 5.74) is 1.32.